The van der Waals surface area contributed by atoms with Gasteiger partial charge in [-0.15, -0.1) is 12.4 Å². The van der Waals surface area contributed by atoms with Crippen LogP contribution in [0.2, 0.25) is 5.02 Å². The highest BCUT2D eigenvalue weighted by atomic mass is 35.5. The molecule has 0 unspecified atom stereocenters. The second kappa shape index (κ2) is 11.3. The van der Waals surface area contributed by atoms with Crippen LogP contribution in [0.1, 0.15) is 36.0 Å². The molecule has 1 aliphatic heterocycles. The molecule has 1 aliphatic rings. The highest BCUT2D eigenvalue weighted by molar-refractivity contribution is 6.30. The zero-order chi connectivity index (χ0) is 19.1. The second-order valence-electron chi connectivity index (χ2n) is 7.04. The summed E-state index contributed by atoms with van der Waals surface area (Å²) in [6.45, 7) is 5.90. The number of carbonyl (C=O) groups is 1. The van der Waals surface area contributed by atoms with Gasteiger partial charge in [-0.3, -0.25) is 4.79 Å². The average molecular weight is 423 g/mol. The van der Waals surface area contributed by atoms with Crippen LogP contribution in [0, 0.1) is 6.92 Å². The summed E-state index contributed by atoms with van der Waals surface area (Å²) >= 11 is 6.17. The quantitative estimate of drug-likeness (QED) is 0.592. The summed E-state index contributed by atoms with van der Waals surface area (Å²) in [4.78, 5) is 13.6. The van der Waals surface area contributed by atoms with E-state index in [1.54, 1.807) is 0 Å². The van der Waals surface area contributed by atoms with E-state index in [-0.39, 0.29) is 18.3 Å². The largest absolute Gasteiger partial charge is 0.489 e. The summed E-state index contributed by atoms with van der Waals surface area (Å²) in [5, 5.41) is 4.14. The molecule has 3 rings (SSSR count). The van der Waals surface area contributed by atoms with Crippen LogP contribution in [0.15, 0.2) is 42.5 Å². The first kappa shape index (κ1) is 22.5. The Kier molecular flexibility index (Phi) is 9.10. The lowest BCUT2D eigenvalue weighted by Crippen LogP contribution is -2.28. The number of carbonyl (C=O) groups excluding carboxylic acids is 1. The predicted octanol–water partition coefficient (Wildman–Crippen LogP) is 4.75. The van der Waals surface area contributed by atoms with Crippen molar-refractivity contribution in [2.45, 2.75) is 39.3 Å². The first-order valence-corrected chi connectivity index (χ1v) is 9.95. The van der Waals surface area contributed by atoms with E-state index in [0.717, 1.165) is 49.4 Å². The summed E-state index contributed by atoms with van der Waals surface area (Å²) in [5.41, 5.74) is 3.43. The molecule has 2 aromatic carbocycles. The van der Waals surface area contributed by atoms with Gasteiger partial charge in [-0.25, -0.2) is 0 Å². The molecule has 0 spiro atoms. The number of aryl methyl sites for hydroxylation is 1. The van der Waals surface area contributed by atoms with E-state index in [0.29, 0.717) is 24.6 Å². The zero-order valence-electron chi connectivity index (χ0n) is 16.2. The van der Waals surface area contributed by atoms with E-state index < -0.39 is 0 Å². The van der Waals surface area contributed by atoms with Gasteiger partial charge in [0.1, 0.15) is 12.4 Å². The number of halogens is 2. The fourth-order valence-electron chi connectivity index (χ4n) is 3.23. The van der Waals surface area contributed by atoms with Crippen LogP contribution in [0.4, 0.5) is 0 Å². The Morgan fingerprint density at radius 2 is 1.96 bits per heavy atom. The molecule has 152 valence electrons. The first-order valence-electron chi connectivity index (χ1n) is 9.57. The summed E-state index contributed by atoms with van der Waals surface area (Å²) in [6, 6.07) is 14.1. The monoisotopic (exact) mass is 422 g/mol. The van der Waals surface area contributed by atoms with Crippen molar-refractivity contribution in [2.75, 3.05) is 19.6 Å². The number of nitrogens with zero attached hydrogens (tertiary/aromatic N) is 1. The lowest BCUT2D eigenvalue weighted by molar-refractivity contribution is -0.127. The Balaban J connectivity index is 0.00000280. The van der Waals surface area contributed by atoms with Crippen molar-refractivity contribution in [3.05, 3.63) is 64.2 Å². The lowest BCUT2D eigenvalue weighted by atomic mass is 10.1. The van der Waals surface area contributed by atoms with Gasteiger partial charge in [0.15, 0.2) is 0 Å². The molecule has 0 bridgehead atoms. The Hall–Kier alpha value is -1.75. The van der Waals surface area contributed by atoms with Crippen molar-refractivity contribution in [3.8, 4) is 5.75 Å². The van der Waals surface area contributed by atoms with Crippen molar-refractivity contribution < 1.29 is 9.53 Å². The number of hydrogen-bond donors (Lipinski definition) is 1. The molecule has 1 N–H and O–H groups in total. The fraction of sp³-hybridized carbons (Fsp3) is 0.409. The minimum Gasteiger partial charge on any atom is -0.489 e. The maximum absolute atomic E-state index is 11.6. The number of rotatable bonds is 9. The molecule has 4 nitrogen and oxygen atoms in total. The molecule has 0 atom stereocenters. The van der Waals surface area contributed by atoms with Gasteiger partial charge in [0.25, 0.3) is 0 Å². The van der Waals surface area contributed by atoms with Crippen LogP contribution in [0.5, 0.6) is 5.75 Å². The molecular formula is C22H28Cl2N2O2. The predicted molar refractivity (Wildman–Crippen MR) is 116 cm³/mol. The molecule has 0 aliphatic carbocycles. The fourth-order valence-corrected chi connectivity index (χ4v) is 3.43. The smallest absolute Gasteiger partial charge is 0.222 e. The third-order valence-corrected chi connectivity index (χ3v) is 5.04. The van der Waals surface area contributed by atoms with E-state index in [1.165, 1.54) is 5.56 Å². The van der Waals surface area contributed by atoms with E-state index in [9.17, 15) is 4.79 Å². The van der Waals surface area contributed by atoms with Crippen LogP contribution in [-0.2, 0) is 17.9 Å². The standard InChI is InChI=1S/C22H27ClN2O2.ClH/c1-17-5-7-18(8-6-17)16-27-21-10-9-20(23)14-19(21)15-24-11-3-13-25-12-2-4-22(25)26;/h5-10,14,24H,2-4,11-13,15-16H2,1H3;1H. The third-order valence-electron chi connectivity index (χ3n) is 4.81. The van der Waals surface area contributed by atoms with Crippen molar-refractivity contribution in [1.82, 2.24) is 10.2 Å². The molecule has 28 heavy (non-hydrogen) atoms. The molecule has 1 saturated heterocycles. The number of amides is 1. The Bertz CT molecular complexity index is 766. The second-order valence-corrected chi connectivity index (χ2v) is 7.48. The average Bonchev–Trinajstić information content (AvgIpc) is 3.07. The van der Waals surface area contributed by atoms with Gasteiger partial charge in [-0.1, -0.05) is 41.4 Å². The highest BCUT2D eigenvalue weighted by Gasteiger charge is 2.18. The van der Waals surface area contributed by atoms with Gasteiger partial charge in [0.05, 0.1) is 0 Å². The SMILES string of the molecule is Cc1ccc(COc2ccc(Cl)cc2CNCCCN2CCCC2=O)cc1.Cl. The first-order chi connectivity index (χ1) is 13.1. The molecule has 1 fully saturated rings. The van der Waals surface area contributed by atoms with Crippen LogP contribution >= 0.6 is 24.0 Å². The van der Waals surface area contributed by atoms with Crippen LogP contribution in [-0.4, -0.2) is 30.4 Å². The van der Waals surface area contributed by atoms with Gasteiger partial charge in [-0.05, 0) is 50.1 Å². The van der Waals surface area contributed by atoms with Crippen molar-refractivity contribution in [3.63, 3.8) is 0 Å². The highest BCUT2D eigenvalue weighted by Crippen LogP contribution is 2.24. The van der Waals surface area contributed by atoms with Gasteiger partial charge in [0, 0.05) is 36.6 Å². The number of hydrogen-bond acceptors (Lipinski definition) is 3. The van der Waals surface area contributed by atoms with Crippen molar-refractivity contribution in [1.29, 1.82) is 0 Å². The van der Waals surface area contributed by atoms with Crippen LogP contribution < -0.4 is 10.1 Å². The molecule has 6 heteroatoms. The van der Waals surface area contributed by atoms with Gasteiger partial charge in [-0.2, -0.15) is 0 Å². The molecule has 0 saturated carbocycles. The van der Waals surface area contributed by atoms with Gasteiger partial charge in [0.2, 0.25) is 5.91 Å². The minimum absolute atomic E-state index is 0. The van der Waals surface area contributed by atoms with Gasteiger partial charge < -0.3 is 15.0 Å². The molecule has 0 aromatic heterocycles. The van der Waals surface area contributed by atoms with Crippen LogP contribution in [0.25, 0.3) is 0 Å². The number of benzene rings is 2. The van der Waals surface area contributed by atoms with Crippen LogP contribution in [0.3, 0.4) is 0 Å². The maximum Gasteiger partial charge on any atom is 0.222 e. The summed E-state index contributed by atoms with van der Waals surface area (Å²) in [7, 11) is 0. The van der Waals surface area contributed by atoms with Gasteiger partial charge >= 0.3 is 0 Å². The number of likely N-dealkylation sites (tertiary alicyclic amines) is 1. The van der Waals surface area contributed by atoms with Crippen molar-refractivity contribution in [2.24, 2.45) is 0 Å². The molecule has 2 aromatic rings. The summed E-state index contributed by atoms with van der Waals surface area (Å²) in [6.07, 6.45) is 2.65. The number of ether oxygens (including phenoxy) is 1. The molecule has 1 amide bonds. The van der Waals surface area contributed by atoms with E-state index in [4.69, 9.17) is 16.3 Å². The van der Waals surface area contributed by atoms with E-state index in [1.807, 2.05) is 23.1 Å². The summed E-state index contributed by atoms with van der Waals surface area (Å²) < 4.78 is 6.02. The zero-order valence-corrected chi connectivity index (χ0v) is 17.8. The molecular weight excluding hydrogens is 395 g/mol. The Labute approximate surface area is 178 Å². The molecule has 0 radical (unpaired) electrons. The maximum atomic E-state index is 11.6. The third kappa shape index (κ3) is 6.69. The lowest BCUT2D eigenvalue weighted by Gasteiger charge is -2.16. The summed E-state index contributed by atoms with van der Waals surface area (Å²) in [5.74, 6) is 1.14. The van der Waals surface area contributed by atoms with E-state index >= 15 is 0 Å². The normalized spacial score (nSPS) is 13.5. The Morgan fingerprint density at radius 3 is 2.68 bits per heavy atom. The Morgan fingerprint density at radius 1 is 1.18 bits per heavy atom. The molecule has 1 heterocycles. The minimum atomic E-state index is 0. The van der Waals surface area contributed by atoms with Crippen molar-refractivity contribution >= 4 is 29.9 Å². The topological polar surface area (TPSA) is 41.6 Å². The number of nitrogens with one attached hydrogen (secondary N) is 1. The van der Waals surface area contributed by atoms with E-state index in [2.05, 4.69) is 36.5 Å².